The van der Waals surface area contributed by atoms with Crippen molar-refractivity contribution in [2.75, 3.05) is 13.2 Å². The number of fused-ring (bicyclic) bond motifs is 1. The summed E-state index contributed by atoms with van der Waals surface area (Å²) in [6.45, 7) is 1.36. The lowest BCUT2D eigenvalue weighted by atomic mass is 9.89. The van der Waals surface area contributed by atoms with Crippen molar-refractivity contribution >= 4 is 17.2 Å². The predicted octanol–water partition coefficient (Wildman–Crippen LogP) is 3.68. The molecule has 0 bridgehead atoms. The Morgan fingerprint density at radius 2 is 2.29 bits per heavy atom. The molecule has 0 saturated carbocycles. The normalized spacial score (nSPS) is 16.6. The molecule has 4 nitrogen and oxygen atoms in total. The molecule has 0 fully saturated rings. The fourth-order valence-corrected chi connectivity index (χ4v) is 3.71. The molecule has 128 valence electrons. The molecular formula is C19H24N2O2S. The van der Waals surface area contributed by atoms with Gasteiger partial charge in [-0.3, -0.25) is 4.79 Å². The van der Waals surface area contributed by atoms with Crippen LogP contribution in [0.3, 0.4) is 0 Å². The molecule has 0 radical (unpaired) electrons. The highest BCUT2D eigenvalue weighted by Gasteiger charge is 2.19. The van der Waals surface area contributed by atoms with E-state index in [9.17, 15) is 4.79 Å². The molecule has 2 aromatic rings. The number of carbonyl (C=O) groups excluding carboxylic acids is 1. The van der Waals surface area contributed by atoms with Gasteiger partial charge >= 0.3 is 0 Å². The summed E-state index contributed by atoms with van der Waals surface area (Å²) in [6.07, 6.45) is 7.51. The van der Waals surface area contributed by atoms with E-state index in [0.717, 1.165) is 30.7 Å². The second-order valence-corrected chi connectivity index (χ2v) is 7.06. The van der Waals surface area contributed by atoms with Gasteiger partial charge in [0.25, 0.3) is 0 Å². The van der Waals surface area contributed by atoms with E-state index in [4.69, 9.17) is 4.74 Å². The number of hydrogen-bond acceptors (Lipinski definition) is 4. The maximum atomic E-state index is 11.8. The van der Waals surface area contributed by atoms with Crippen LogP contribution >= 0.6 is 11.3 Å². The van der Waals surface area contributed by atoms with Crippen LogP contribution in [0.5, 0.6) is 0 Å². The van der Waals surface area contributed by atoms with Gasteiger partial charge in [0.1, 0.15) is 0 Å². The van der Waals surface area contributed by atoms with Crippen molar-refractivity contribution in [3.05, 3.63) is 52.0 Å². The Bertz CT molecular complexity index is 643. The van der Waals surface area contributed by atoms with E-state index in [1.807, 2.05) is 5.38 Å². The Labute approximate surface area is 147 Å². The summed E-state index contributed by atoms with van der Waals surface area (Å²) in [6, 6.07) is 8.57. The Hall–Kier alpha value is -1.72. The van der Waals surface area contributed by atoms with Crippen LogP contribution in [0.1, 0.15) is 47.9 Å². The van der Waals surface area contributed by atoms with E-state index in [-0.39, 0.29) is 12.0 Å². The number of aromatic nitrogens is 1. The van der Waals surface area contributed by atoms with Gasteiger partial charge in [-0.1, -0.05) is 24.3 Å². The van der Waals surface area contributed by atoms with Gasteiger partial charge < -0.3 is 10.1 Å². The Morgan fingerprint density at radius 1 is 1.38 bits per heavy atom. The molecule has 1 amide bonds. The number of nitrogens with zero attached hydrogens (tertiary/aromatic N) is 1. The van der Waals surface area contributed by atoms with Gasteiger partial charge in [-0.2, -0.15) is 0 Å². The summed E-state index contributed by atoms with van der Waals surface area (Å²) >= 11 is 1.60. The molecule has 3 rings (SSSR count). The number of carbonyl (C=O) groups is 1. The maximum Gasteiger partial charge on any atom is 0.220 e. The molecule has 1 atom stereocenters. The van der Waals surface area contributed by atoms with Crippen LogP contribution in [-0.4, -0.2) is 24.0 Å². The minimum atomic E-state index is 0.0909. The Morgan fingerprint density at radius 3 is 3.17 bits per heavy atom. The summed E-state index contributed by atoms with van der Waals surface area (Å²) in [5.74, 6) is 0.0909. The van der Waals surface area contributed by atoms with Crippen LogP contribution in [0.25, 0.3) is 0 Å². The third-order valence-electron chi connectivity index (χ3n) is 4.33. The van der Waals surface area contributed by atoms with Crippen molar-refractivity contribution in [3.8, 4) is 0 Å². The average Bonchev–Trinajstić information content (AvgIpc) is 3.13. The molecule has 1 aromatic heterocycles. The second kappa shape index (κ2) is 8.94. The van der Waals surface area contributed by atoms with Crippen LogP contribution in [-0.2, 0) is 22.4 Å². The van der Waals surface area contributed by atoms with Crippen LogP contribution < -0.4 is 5.32 Å². The lowest BCUT2D eigenvalue weighted by Crippen LogP contribution is -2.25. The smallest absolute Gasteiger partial charge is 0.220 e. The van der Waals surface area contributed by atoms with Gasteiger partial charge in [0.2, 0.25) is 5.91 Å². The number of hydrogen-bond donors (Lipinski definition) is 1. The summed E-state index contributed by atoms with van der Waals surface area (Å²) in [5.41, 5.74) is 2.76. The minimum absolute atomic E-state index is 0.0909. The lowest BCUT2D eigenvalue weighted by Gasteiger charge is -2.25. The molecule has 0 aliphatic heterocycles. The number of thiazole rings is 1. The van der Waals surface area contributed by atoms with Crippen LogP contribution in [0.4, 0.5) is 0 Å². The van der Waals surface area contributed by atoms with Crippen molar-refractivity contribution in [2.45, 2.75) is 44.6 Å². The zero-order chi connectivity index (χ0) is 16.6. The van der Waals surface area contributed by atoms with E-state index in [0.29, 0.717) is 19.6 Å². The number of aryl methyl sites for hydroxylation is 2. The van der Waals surface area contributed by atoms with Gasteiger partial charge in [0, 0.05) is 37.6 Å². The third-order valence-corrected chi connectivity index (χ3v) is 5.17. The van der Waals surface area contributed by atoms with Crippen LogP contribution in [0.2, 0.25) is 0 Å². The molecule has 1 N–H and O–H groups in total. The Balaban J connectivity index is 1.31. The Kier molecular flexibility index (Phi) is 6.38. The lowest BCUT2D eigenvalue weighted by molar-refractivity contribution is -0.121. The third kappa shape index (κ3) is 4.89. The van der Waals surface area contributed by atoms with Crippen LogP contribution in [0, 0.1) is 0 Å². The number of rotatable bonds is 8. The zero-order valence-corrected chi connectivity index (χ0v) is 14.7. The molecule has 0 spiro atoms. The van der Waals surface area contributed by atoms with Crippen molar-refractivity contribution in [3.63, 3.8) is 0 Å². The number of nitrogens with one attached hydrogen (secondary N) is 1. The van der Waals surface area contributed by atoms with E-state index in [1.54, 1.807) is 17.5 Å². The molecule has 1 heterocycles. The molecule has 1 aliphatic rings. The van der Waals surface area contributed by atoms with Gasteiger partial charge in [-0.15, -0.1) is 11.3 Å². The standard InChI is InChI=1S/C19H24N2O2S/c22-18(9-10-19-21-12-14-24-19)20-11-4-13-23-17-8-3-6-15-5-1-2-7-16(15)17/h1-2,5,7,12,14,17H,3-4,6,8-11,13H2,(H,20,22)/t17-/m0/s1. The van der Waals surface area contributed by atoms with Crippen molar-refractivity contribution < 1.29 is 9.53 Å². The second-order valence-electron chi connectivity index (χ2n) is 6.08. The van der Waals surface area contributed by atoms with Gasteiger partial charge in [0.15, 0.2) is 0 Å². The van der Waals surface area contributed by atoms with Gasteiger partial charge in [-0.05, 0) is 36.8 Å². The SMILES string of the molecule is O=C(CCc1nccs1)NCCCO[C@H]1CCCc2ccccc21. The molecule has 0 saturated heterocycles. The van der Waals surface area contributed by atoms with Crippen molar-refractivity contribution in [2.24, 2.45) is 0 Å². The summed E-state index contributed by atoms with van der Waals surface area (Å²) < 4.78 is 6.05. The first-order chi connectivity index (χ1) is 11.8. The quantitative estimate of drug-likeness (QED) is 0.743. The highest BCUT2D eigenvalue weighted by Crippen LogP contribution is 2.32. The van der Waals surface area contributed by atoms with Gasteiger partial charge in [0.05, 0.1) is 11.1 Å². The molecule has 5 heteroatoms. The fourth-order valence-electron chi connectivity index (χ4n) is 3.09. The largest absolute Gasteiger partial charge is 0.373 e. The topological polar surface area (TPSA) is 51.2 Å². The van der Waals surface area contributed by atoms with Gasteiger partial charge in [-0.25, -0.2) is 4.98 Å². The average molecular weight is 344 g/mol. The summed E-state index contributed by atoms with van der Waals surface area (Å²) in [7, 11) is 0. The minimum Gasteiger partial charge on any atom is -0.373 e. The number of amides is 1. The highest BCUT2D eigenvalue weighted by molar-refractivity contribution is 7.09. The van der Waals surface area contributed by atoms with E-state index >= 15 is 0 Å². The van der Waals surface area contributed by atoms with Crippen molar-refractivity contribution in [1.82, 2.24) is 10.3 Å². The number of benzene rings is 1. The van der Waals surface area contributed by atoms with E-state index in [1.165, 1.54) is 17.5 Å². The molecule has 0 unspecified atom stereocenters. The first-order valence-electron chi connectivity index (χ1n) is 8.67. The predicted molar refractivity (Wildman–Crippen MR) is 96.1 cm³/mol. The maximum absolute atomic E-state index is 11.8. The van der Waals surface area contributed by atoms with E-state index < -0.39 is 0 Å². The molecule has 1 aromatic carbocycles. The van der Waals surface area contributed by atoms with Crippen LogP contribution in [0.15, 0.2) is 35.8 Å². The molecule has 24 heavy (non-hydrogen) atoms. The van der Waals surface area contributed by atoms with E-state index in [2.05, 4.69) is 34.6 Å². The number of ether oxygens (including phenoxy) is 1. The summed E-state index contributed by atoms with van der Waals surface area (Å²) in [4.78, 5) is 16.0. The zero-order valence-electron chi connectivity index (χ0n) is 13.9. The molecular weight excluding hydrogens is 320 g/mol. The molecule has 1 aliphatic carbocycles. The first-order valence-corrected chi connectivity index (χ1v) is 9.55. The first kappa shape index (κ1) is 17.1. The fraction of sp³-hybridized carbons (Fsp3) is 0.474. The highest BCUT2D eigenvalue weighted by atomic mass is 32.1. The monoisotopic (exact) mass is 344 g/mol. The van der Waals surface area contributed by atoms with Crippen molar-refractivity contribution in [1.29, 1.82) is 0 Å². The summed E-state index contributed by atoms with van der Waals surface area (Å²) in [5, 5.41) is 5.92.